The van der Waals surface area contributed by atoms with Crippen LogP contribution in [-0.2, 0) is 19.2 Å². The molecule has 5 atom stereocenters. The third-order valence-electron chi connectivity index (χ3n) is 6.58. The number of nitrogens with one attached hydrogen (secondary N) is 1. The second-order valence-electron chi connectivity index (χ2n) is 9.82. The van der Waals surface area contributed by atoms with Gasteiger partial charge in [-0.25, -0.2) is 0 Å². The molecule has 1 unspecified atom stereocenters. The lowest BCUT2D eigenvalue weighted by molar-refractivity contribution is -0.136. The highest BCUT2D eigenvalue weighted by atomic mass is 16.7. The minimum Gasteiger partial charge on any atom is -0.504 e. The average Bonchev–Trinajstić information content (AvgIpc) is 3.40. The number of nitroso groups, excluding NO2 is 1. The summed E-state index contributed by atoms with van der Waals surface area (Å²) in [4.78, 5) is 39.0. The van der Waals surface area contributed by atoms with Crippen molar-refractivity contribution in [3.05, 3.63) is 71.2 Å². The summed E-state index contributed by atoms with van der Waals surface area (Å²) in [6.07, 6.45) is 4.83. The predicted molar refractivity (Wildman–Crippen MR) is 170 cm³/mol. The molecular formula is C32H45N3O10. The molecule has 2 fully saturated rings. The first-order valence-electron chi connectivity index (χ1n) is 14.6. The van der Waals surface area contributed by atoms with Crippen LogP contribution in [0.4, 0.5) is 0 Å². The third-order valence-corrected chi connectivity index (χ3v) is 6.58. The number of hydrogen-bond donors (Lipinski definition) is 5. The summed E-state index contributed by atoms with van der Waals surface area (Å²) < 4.78 is 11.3. The lowest BCUT2D eigenvalue weighted by Crippen LogP contribution is -2.53. The molecule has 1 saturated carbocycles. The SMILES string of the molecule is C=C/C=C(\C=C)CO/N=C(\C)[C@@H]1CC(=O)[C@H](Oc2ccc(/C=C(\C)C(=O)NC3[C@H](O)CCC[C@@H]3O)cc2O)O1.CC.O=NCO. The van der Waals surface area contributed by atoms with E-state index < -0.39 is 43.3 Å². The van der Waals surface area contributed by atoms with Crippen LogP contribution in [0.15, 0.2) is 71.1 Å². The van der Waals surface area contributed by atoms with E-state index in [2.05, 4.69) is 23.6 Å². The fourth-order valence-corrected chi connectivity index (χ4v) is 4.25. The maximum atomic E-state index is 12.6. The van der Waals surface area contributed by atoms with Gasteiger partial charge in [0.25, 0.3) is 6.29 Å². The summed E-state index contributed by atoms with van der Waals surface area (Å²) in [6.45, 7) is 14.2. The number of carbonyl (C=O) groups is 2. The largest absolute Gasteiger partial charge is 0.504 e. The minimum absolute atomic E-state index is 0.0396. The van der Waals surface area contributed by atoms with Gasteiger partial charge >= 0.3 is 0 Å². The Hall–Kier alpha value is -4.17. The quantitative estimate of drug-likeness (QED) is 0.0746. The topological polar surface area (TPSA) is 197 Å². The van der Waals surface area contributed by atoms with Gasteiger partial charge in [-0.15, -0.1) is 4.91 Å². The van der Waals surface area contributed by atoms with E-state index in [1.54, 1.807) is 44.2 Å². The molecule has 1 aromatic rings. The van der Waals surface area contributed by atoms with E-state index in [1.807, 2.05) is 19.0 Å². The van der Waals surface area contributed by atoms with Crippen LogP contribution in [-0.4, -0.2) is 81.8 Å². The van der Waals surface area contributed by atoms with E-state index in [4.69, 9.17) is 24.3 Å². The zero-order valence-corrected chi connectivity index (χ0v) is 26.2. The number of amides is 1. The van der Waals surface area contributed by atoms with Gasteiger partial charge in [-0.3, -0.25) is 9.59 Å². The number of allylic oxidation sites excluding steroid dienone is 2. The molecule has 248 valence electrons. The number of rotatable bonds is 12. The molecule has 13 heteroatoms. The number of ketones is 1. The Morgan fingerprint density at radius 1 is 1.18 bits per heavy atom. The zero-order chi connectivity index (χ0) is 33.9. The Kier molecular flexibility index (Phi) is 17.9. The van der Waals surface area contributed by atoms with Crippen molar-refractivity contribution in [1.29, 1.82) is 0 Å². The van der Waals surface area contributed by atoms with Crippen molar-refractivity contribution in [1.82, 2.24) is 5.32 Å². The standard InChI is InChI=1S/C29H36N2O8.C2H6.CH3NO2/c1-5-8-19(6-2)16-37-31-18(4)26-15-24(35)29(39-26)38-25-12-11-20(14-23(25)34)13-17(3)28(36)30-27-21(32)9-7-10-22(27)33;1-2;3-1-2-4/h5-6,8,11-14,21-22,26-27,29,32-34H,1-2,7,9-10,15-16H2,3-4H3,(H,30,36);1-2H3;3H,1H2/b17-13+,19-8+,31-18+;;/t21-,22+,26-,27?,29+;;/m0../s1. The molecule has 1 saturated heterocycles. The van der Waals surface area contributed by atoms with E-state index in [0.717, 1.165) is 5.57 Å². The first-order chi connectivity index (χ1) is 21.5. The van der Waals surface area contributed by atoms with E-state index in [1.165, 1.54) is 12.1 Å². The number of carbonyl (C=O) groups excluding carboxylic acids is 2. The molecule has 1 amide bonds. The fourth-order valence-electron chi connectivity index (χ4n) is 4.25. The summed E-state index contributed by atoms with van der Waals surface area (Å²) in [5.74, 6) is -0.947. The summed E-state index contributed by atoms with van der Waals surface area (Å²) in [7, 11) is 0. The minimum atomic E-state index is -1.22. The van der Waals surface area contributed by atoms with Crippen molar-refractivity contribution < 1.29 is 44.3 Å². The first kappa shape index (κ1) is 38.9. The van der Waals surface area contributed by atoms with Crippen LogP contribution in [0.5, 0.6) is 11.5 Å². The van der Waals surface area contributed by atoms with Gasteiger partial charge in [0.05, 0.1) is 24.0 Å². The van der Waals surface area contributed by atoms with Crippen molar-refractivity contribution in [2.24, 2.45) is 10.3 Å². The lowest BCUT2D eigenvalue weighted by Gasteiger charge is -2.32. The number of aliphatic hydroxyl groups excluding tert-OH is 3. The van der Waals surface area contributed by atoms with Crippen LogP contribution >= 0.6 is 0 Å². The van der Waals surface area contributed by atoms with Crippen molar-refractivity contribution in [3.63, 3.8) is 0 Å². The third kappa shape index (κ3) is 12.8. The van der Waals surface area contributed by atoms with Crippen molar-refractivity contribution in [3.8, 4) is 11.5 Å². The molecule has 0 radical (unpaired) electrons. The molecule has 1 aromatic carbocycles. The highest BCUT2D eigenvalue weighted by Crippen LogP contribution is 2.31. The zero-order valence-electron chi connectivity index (χ0n) is 26.2. The smallest absolute Gasteiger partial charge is 0.260 e. The first-order valence-corrected chi connectivity index (χ1v) is 14.6. The number of oxime groups is 1. The maximum absolute atomic E-state index is 12.6. The number of aliphatic hydroxyl groups is 3. The monoisotopic (exact) mass is 631 g/mol. The Morgan fingerprint density at radius 2 is 1.82 bits per heavy atom. The van der Waals surface area contributed by atoms with E-state index in [0.29, 0.717) is 36.1 Å². The van der Waals surface area contributed by atoms with E-state index in [9.17, 15) is 24.9 Å². The number of benzene rings is 1. The van der Waals surface area contributed by atoms with Crippen LogP contribution < -0.4 is 10.1 Å². The Labute approximate surface area is 263 Å². The Morgan fingerprint density at radius 3 is 2.38 bits per heavy atom. The van der Waals surface area contributed by atoms with Gasteiger partial charge in [0.1, 0.15) is 12.7 Å². The number of phenols is 1. The van der Waals surface area contributed by atoms with E-state index in [-0.39, 0.29) is 30.3 Å². The van der Waals surface area contributed by atoms with Crippen molar-refractivity contribution in [2.75, 3.05) is 13.3 Å². The van der Waals surface area contributed by atoms with Gasteiger partial charge < -0.3 is 40.1 Å². The molecule has 1 heterocycles. The second kappa shape index (κ2) is 20.7. The predicted octanol–water partition coefficient (Wildman–Crippen LogP) is 3.67. The van der Waals surface area contributed by atoms with Crippen LogP contribution in [0.1, 0.15) is 58.9 Å². The molecule has 5 N–H and O–H groups in total. The van der Waals surface area contributed by atoms with Gasteiger partial charge in [0, 0.05) is 12.0 Å². The number of Topliss-reactive ketones (excluding diaryl/α,β-unsaturated/α-hetero) is 1. The van der Waals surface area contributed by atoms with Gasteiger partial charge in [-0.1, -0.05) is 56.5 Å². The molecule has 0 spiro atoms. The van der Waals surface area contributed by atoms with Crippen LogP contribution in [0.3, 0.4) is 0 Å². The molecule has 2 aliphatic rings. The summed E-state index contributed by atoms with van der Waals surface area (Å²) in [5.41, 5.74) is 2.08. The molecule has 0 bridgehead atoms. The van der Waals surface area contributed by atoms with Crippen LogP contribution in [0.25, 0.3) is 6.08 Å². The van der Waals surface area contributed by atoms with Crippen molar-refractivity contribution in [2.45, 2.75) is 84.0 Å². The number of nitrogens with zero attached hydrogens (tertiary/aromatic N) is 2. The molecule has 45 heavy (non-hydrogen) atoms. The summed E-state index contributed by atoms with van der Waals surface area (Å²) >= 11 is 0. The number of aromatic hydroxyl groups is 1. The normalized spacial score (nSPS) is 23.4. The Bertz CT molecular complexity index is 1230. The van der Waals surface area contributed by atoms with Gasteiger partial charge in [0.15, 0.2) is 18.2 Å². The number of phenolic OH excluding ortho intramolecular Hbond substituents is 1. The molecular weight excluding hydrogens is 586 g/mol. The van der Waals surface area contributed by atoms with Gasteiger partial charge in [0.2, 0.25) is 11.7 Å². The lowest BCUT2D eigenvalue weighted by atomic mass is 9.89. The maximum Gasteiger partial charge on any atom is 0.260 e. The van der Waals surface area contributed by atoms with Gasteiger partial charge in [-0.2, -0.15) is 0 Å². The van der Waals surface area contributed by atoms with Gasteiger partial charge in [-0.05, 0) is 67.6 Å². The molecule has 1 aliphatic heterocycles. The molecule has 0 aromatic heterocycles. The highest BCUT2D eigenvalue weighted by molar-refractivity contribution is 5.97. The van der Waals surface area contributed by atoms with E-state index >= 15 is 0 Å². The molecule has 1 aliphatic carbocycles. The second-order valence-corrected chi connectivity index (χ2v) is 9.82. The Balaban J connectivity index is 0.00000156. The number of ether oxygens (including phenoxy) is 2. The number of hydrogen-bond acceptors (Lipinski definition) is 12. The molecule has 3 rings (SSSR count). The summed E-state index contributed by atoms with van der Waals surface area (Å²) in [5, 5.41) is 46.8. The van der Waals surface area contributed by atoms with Crippen LogP contribution in [0.2, 0.25) is 0 Å². The highest BCUT2D eigenvalue weighted by Gasteiger charge is 2.37. The fraction of sp³-hybridized carbons (Fsp3) is 0.469. The van der Waals surface area contributed by atoms with Crippen molar-refractivity contribution >= 4 is 23.5 Å². The van der Waals surface area contributed by atoms with Crippen LogP contribution in [0, 0.1) is 4.91 Å². The summed E-state index contributed by atoms with van der Waals surface area (Å²) in [6, 6.07) is 3.74. The molecule has 13 nitrogen and oxygen atoms in total. The average molecular weight is 632 g/mol.